The van der Waals surface area contributed by atoms with E-state index in [1.54, 1.807) is 33.9 Å². The molecule has 2 aliphatic rings. The van der Waals surface area contributed by atoms with Crippen LogP contribution in [0.2, 0.25) is 0 Å². The first-order valence-electron chi connectivity index (χ1n) is 22.5. The molecule has 11 nitrogen and oxygen atoms in total. The molecule has 344 valence electrons. The van der Waals surface area contributed by atoms with E-state index in [4.69, 9.17) is 47.4 Å². The molecule has 2 saturated heterocycles. The van der Waals surface area contributed by atoms with Crippen molar-refractivity contribution in [3.63, 3.8) is 0 Å². The molecular formula is C47H90O11. The monoisotopic (exact) mass is 831 g/mol. The lowest BCUT2D eigenvalue weighted by Gasteiger charge is -2.43. The van der Waals surface area contributed by atoms with E-state index in [1.807, 2.05) is 40.0 Å². The zero-order chi connectivity index (χ0) is 43.6. The Kier molecular flexibility index (Phi) is 36.3. The highest BCUT2D eigenvalue weighted by Crippen LogP contribution is 2.34. The van der Waals surface area contributed by atoms with Crippen molar-refractivity contribution in [1.29, 1.82) is 0 Å². The summed E-state index contributed by atoms with van der Waals surface area (Å²) in [7, 11) is 6.87. The molecule has 11 heteroatoms. The molecule has 1 N–H and O–H groups in total. The molecule has 2 aliphatic heterocycles. The lowest BCUT2D eigenvalue weighted by atomic mass is 9.85. The Labute approximate surface area is 355 Å². The van der Waals surface area contributed by atoms with Gasteiger partial charge in [0, 0.05) is 59.4 Å². The van der Waals surface area contributed by atoms with Crippen LogP contribution < -0.4 is 0 Å². The van der Waals surface area contributed by atoms with E-state index >= 15 is 0 Å². The number of allylic oxidation sites excluding steroid dienone is 2. The Morgan fingerprint density at radius 3 is 1.41 bits per heavy atom. The van der Waals surface area contributed by atoms with Gasteiger partial charge in [-0.3, -0.25) is 0 Å². The molecule has 58 heavy (non-hydrogen) atoms. The summed E-state index contributed by atoms with van der Waals surface area (Å²) < 4.78 is 57.7. The predicted molar refractivity (Wildman–Crippen MR) is 235 cm³/mol. The summed E-state index contributed by atoms with van der Waals surface area (Å²) in [6.45, 7) is 22.7. The average molecular weight is 831 g/mol. The lowest BCUT2D eigenvalue weighted by molar-refractivity contribution is -0.277. The molecule has 0 radical (unpaired) electrons. The molecule has 2 fully saturated rings. The van der Waals surface area contributed by atoms with Crippen molar-refractivity contribution >= 4 is 0 Å². The van der Waals surface area contributed by atoms with Crippen molar-refractivity contribution in [3.05, 3.63) is 37.8 Å². The van der Waals surface area contributed by atoms with E-state index < -0.39 is 18.5 Å². The highest BCUT2D eigenvalue weighted by atomic mass is 16.7. The van der Waals surface area contributed by atoms with Crippen LogP contribution in [-0.2, 0) is 47.4 Å². The van der Waals surface area contributed by atoms with Crippen molar-refractivity contribution in [2.45, 2.75) is 194 Å². The van der Waals surface area contributed by atoms with Crippen LogP contribution in [0.5, 0.6) is 0 Å². The molecule has 0 amide bonds. The maximum Gasteiger partial charge on any atom is 0.204 e. The molecule has 0 saturated carbocycles. The van der Waals surface area contributed by atoms with E-state index in [2.05, 4.69) is 40.9 Å². The summed E-state index contributed by atoms with van der Waals surface area (Å²) in [5, 5.41) is 10.7. The highest BCUT2D eigenvalue weighted by Gasteiger charge is 2.45. The number of ether oxygens (including phenoxy) is 10. The van der Waals surface area contributed by atoms with Gasteiger partial charge in [-0.05, 0) is 39.5 Å². The number of aliphatic hydroxyl groups excluding tert-OH is 1. The molecule has 0 aromatic carbocycles. The van der Waals surface area contributed by atoms with E-state index in [0.29, 0.717) is 26.4 Å². The number of rotatable bonds is 30. The molecule has 2 heterocycles. The van der Waals surface area contributed by atoms with Gasteiger partial charge in [0.15, 0.2) is 0 Å². The van der Waals surface area contributed by atoms with Gasteiger partial charge in [0.05, 0.1) is 56.3 Å². The topological polar surface area (TPSA) is 113 Å². The fourth-order valence-corrected chi connectivity index (χ4v) is 7.54. The smallest absolute Gasteiger partial charge is 0.204 e. The van der Waals surface area contributed by atoms with Crippen LogP contribution in [0.25, 0.3) is 0 Å². The van der Waals surface area contributed by atoms with Crippen molar-refractivity contribution < 1.29 is 52.5 Å². The van der Waals surface area contributed by atoms with E-state index in [9.17, 15) is 5.11 Å². The van der Waals surface area contributed by atoms with Gasteiger partial charge in [-0.2, -0.15) is 0 Å². The Balaban J connectivity index is 0.00000107. The van der Waals surface area contributed by atoms with Gasteiger partial charge < -0.3 is 52.5 Å². The molecule has 0 bridgehead atoms. The fraction of sp³-hybridized carbons (Fsp3) is 0.872. The molecule has 0 aromatic rings. The van der Waals surface area contributed by atoms with Crippen LogP contribution in [0.1, 0.15) is 138 Å². The Morgan fingerprint density at radius 2 is 0.983 bits per heavy atom. The number of hydrogen-bond acceptors (Lipinski definition) is 11. The molecule has 0 aliphatic carbocycles. The van der Waals surface area contributed by atoms with Gasteiger partial charge in [-0.15, -0.1) is 13.2 Å². The molecule has 2 rings (SSSR count). The van der Waals surface area contributed by atoms with Gasteiger partial charge in [0.2, 0.25) is 12.6 Å². The molecular weight excluding hydrogens is 741 g/mol. The predicted octanol–water partition coefficient (Wildman–Crippen LogP) is 10.2. The first kappa shape index (κ1) is 56.5. The maximum atomic E-state index is 10.7. The largest absolute Gasteiger partial charge is 0.472 e. The lowest BCUT2D eigenvalue weighted by Crippen LogP contribution is -2.56. The SMILES string of the molecule is C/C=C\O[C@H]1O[C@H](COC)[C@@H](C)[C@H](OCC[C@@H](CCCCCCC)OC)[C@H]1C.C/C=C\O[C@H]1O[C@H](COC)[C@@H](O)[C@H](OCC[C@@H](CCCCCCC)OC)[C@H]1C.C=C. The molecule has 0 aromatic heterocycles. The maximum absolute atomic E-state index is 10.7. The Hall–Kier alpha value is -1.54. The van der Waals surface area contributed by atoms with Crippen LogP contribution in [-0.4, -0.2) is 115 Å². The zero-order valence-electron chi connectivity index (χ0n) is 38.9. The van der Waals surface area contributed by atoms with Crippen molar-refractivity contribution in [1.82, 2.24) is 0 Å². The van der Waals surface area contributed by atoms with Crippen molar-refractivity contribution in [3.8, 4) is 0 Å². The number of hydrogen-bond donors (Lipinski definition) is 1. The summed E-state index contributed by atoms with van der Waals surface area (Å²) in [5.41, 5.74) is 0. The number of methoxy groups -OCH3 is 4. The second-order valence-electron chi connectivity index (χ2n) is 15.6. The summed E-state index contributed by atoms with van der Waals surface area (Å²) >= 11 is 0. The third-order valence-electron chi connectivity index (χ3n) is 11.1. The van der Waals surface area contributed by atoms with Crippen LogP contribution in [0.15, 0.2) is 37.8 Å². The summed E-state index contributed by atoms with van der Waals surface area (Å²) in [4.78, 5) is 0. The first-order valence-corrected chi connectivity index (χ1v) is 22.5. The van der Waals surface area contributed by atoms with Gasteiger partial charge in [-0.25, -0.2) is 0 Å². The van der Waals surface area contributed by atoms with E-state index in [0.717, 1.165) is 25.7 Å². The second-order valence-corrected chi connectivity index (χ2v) is 15.6. The minimum Gasteiger partial charge on any atom is -0.472 e. The van der Waals surface area contributed by atoms with Gasteiger partial charge in [0.1, 0.15) is 12.2 Å². The standard InChI is InChI=1S/C23H44O5.C22H42O6.C2H4/c1-7-9-10-11-12-13-20(25-6)14-16-26-22-18(3)21(17-24-5)28-23(19(22)4)27-15-8-2;1-6-8-9-10-11-12-18(25-5)13-15-26-21-17(3)22(27-14-7-2)28-19(16-24-4)20(21)23;1-2/h8,15,18-23H,7,9-14,16-17H2,1-6H3;7,14,17-23H,6,8-13,15-16H2,1-5H3;1-2H2/b15-8-;14-7-;/t18-,19-,20-,21-,22+,23+;17-,18-,19-,20-,21-,22+;/m11./s1. The van der Waals surface area contributed by atoms with Crippen LogP contribution in [0.4, 0.5) is 0 Å². The first-order chi connectivity index (χ1) is 28.2. The van der Waals surface area contributed by atoms with Crippen LogP contribution in [0, 0.1) is 17.8 Å². The zero-order valence-corrected chi connectivity index (χ0v) is 38.9. The van der Waals surface area contributed by atoms with E-state index in [1.165, 1.54) is 64.2 Å². The quantitative estimate of drug-likeness (QED) is 0.0424. The van der Waals surface area contributed by atoms with Gasteiger partial charge >= 0.3 is 0 Å². The normalized spacial score (nSPS) is 28.3. The molecule has 12 atom stereocenters. The van der Waals surface area contributed by atoms with E-state index in [-0.39, 0.29) is 54.6 Å². The van der Waals surface area contributed by atoms with Crippen molar-refractivity contribution in [2.24, 2.45) is 17.8 Å². The average Bonchev–Trinajstić information content (AvgIpc) is 3.23. The number of aliphatic hydroxyl groups is 1. The highest BCUT2D eigenvalue weighted by molar-refractivity contribution is 4.90. The second kappa shape index (κ2) is 37.2. The summed E-state index contributed by atoms with van der Waals surface area (Å²) in [6, 6.07) is 0. The minimum absolute atomic E-state index is 0.0294. The Bertz CT molecular complexity index is 893. The van der Waals surface area contributed by atoms with Gasteiger partial charge in [-0.1, -0.05) is 111 Å². The minimum atomic E-state index is -0.754. The number of unbranched alkanes of at least 4 members (excludes halogenated alkanes) is 8. The fourth-order valence-electron chi connectivity index (χ4n) is 7.54. The summed E-state index contributed by atoms with van der Waals surface area (Å²) in [6.07, 6.45) is 21.8. The molecule has 0 spiro atoms. The third kappa shape index (κ3) is 22.9. The van der Waals surface area contributed by atoms with Crippen molar-refractivity contribution in [2.75, 3.05) is 54.9 Å². The van der Waals surface area contributed by atoms with Crippen LogP contribution >= 0.6 is 0 Å². The molecule has 0 unspecified atom stereocenters. The van der Waals surface area contributed by atoms with Crippen LogP contribution in [0.3, 0.4) is 0 Å². The third-order valence-corrected chi connectivity index (χ3v) is 11.1. The summed E-state index contributed by atoms with van der Waals surface area (Å²) in [5.74, 6) is 0.291. The Morgan fingerprint density at radius 1 is 0.569 bits per heavy atom. The van der Waals surface area contributed by atoms with Gasteiger partial charge in [0.25, 0.3) is 0 Å².